The Balaban J connectivity index is 2.65. The number of imidazole rings is 1. The minimum Gasteiger partial charge on any atom is -0.481 e. The lowest BCUT2D eigenvalue weighted by Crippen LogP contribution is -2.22. The van der Waals surface area contributed by atoms with Crippen LogP contribution < -0.4 is 0 Å². The molecule has 0 saturated heterocycles. The molecule has 2 aromatic rings. The zero-order chi connectivity index (χ0) is 15.8. The maximum Gasteiger partial charge on any atom is 0.305 e. The van der Waals surface area contributed by atoms with Gasteiger partial charge in [0, 0.05) is 12.0 Å². The standard InChI is InChI=1S/C15H18Cl2N2O2/c1-4-15(2,3)14-18-11-7-9(16)10(17)8-12(11)19(14)6-5-13(20)21/h7-8H,4-6H2,1-3H3,(H,20,21). The van der Waals surface area contributed by atoms with Gasteiger partial charge in [-0.2, -0.15) is 0 Å². The van der Waals surface area contributed by atoms with Crippen LogP contribution in [0.2, 0.25) is 10.0 Å². The average molecular weight is 329 g/mol. The van der Waals surface area contributed by atoms with Gasteiger partial charge in [0.25, 0.3) is 0 Å². The highest BCUT2D eigenvalue weighted by molar-refractivity contribution is 6.42. The predicted molar refractivity (Wildman–Crippen MR) is 85.3 cm³/mol. The van der Waals surface area contributed by atoms with Gasteiger partial charge in [0.1, 0.15) is 5.82 Å². The van der Waals surface area contributed by atoms with Crippen LogP contribution in [-0.2, 0) is 16.8 Å². The molecule has 0 radical (unpaired) electrons. The van der Waals surface area contributed by atoms with Crippen LogP contribution in [0, 0.1) is 0 Å². The highest BCUT2D eigenvalue weighted by Gasteiger charge is 2.26. The van der Waals surface area contributed by atoms with E-state index in [4.69, 9.17) is 28.3 Å². The van der Waals surface area contributed by atoms with Gasteiger partial charge in [-0.25, -0.2) is 4.98 Å². The van der Waals surface area contributed by atoms with Gasteiger partial charge in [-0.1, -0.05) is 44.0 Å². The molecule has 1 N–H and O–H groups in total. The van der Waals surface area contributed by atoms with Crippen molar-refractivity contribution in [3.63, 3.8) is 0 Å². The molecule has 2 rings (SSSR count). The number of carboxylic acid groups (broad SMARTS) is 1. The van der Waals surface area contributed by atoms with Crippen molar-refractivity contribution in [1.82, 2.24) is 9.55 Å². The highest BCUT2D eigenvalue weighted by atomic mass is 35.5. The number of carbonyl (C=O) groups is 1. The fourth-order valence-corrected chi connectivity index (χ4v) is 2.54. The summed E-state index contributed by atoms with van der Waals surface area (Å²) >= 11 is 12.1. The number of aryl methyl sites for hydroxylation is 1. The van der Waals surface area contributed by atoms with Crippen LogP contribution in [0.25, 0.3) is 11.0 Å². The van der Waals surface area contributed by atoms with Gasteiger partial charge in [0.05, 0.1) is 27.5 Å². The van der Waals surface area contributed by atoms with E-state index in [1.807, 2.05) is 4.57 Å². The lowest BCUT2D eigenvalue weighted by Gasteiger charge is -2.23. The third kappa shape index (κ3) is 3.16. The number of fused-ring (bicyclic) bond motifs is 1. The molecule has 1 aromatic heterocycles. The number of hydrogen-bond donors (Lipinski definition) is 1. The molecule has 21 heavy (non-hydrogen) atoms. The van der Waals surface area contributed by atoms with Crippen LogP contribution in [0.3, 0.4) is 0 Å². The topological polar surface area (TPSA) is 55.1 Å². The first-order chi connectivity index (χ1) is 9.76. The van der Waals surface area contributed by atoms with Crippen molar-refractivity contribution in [3.8, 4) is 0 Å². The van der Waals surface area contributed by atoms with E-state index in [1.165, 1.54) is 0 Å². The predicted octanol–water partition coefficient (Wildman–Crippen LogP) is 4.51. The summed E-state index contributed by atoms with van der Waals surface area (Å²) in [6.45, 7) is 6.63. The molecule has 0 spiro atoms. The molecule has 1 heterocycles. The number of hydrogen-bond acceptors (Lipinski definition) is 2. The monoisotopic (exact) mass is 328 g/mol. The van der Waals surface area contributed by atoms with Crippen LogP contribution in [0.15, 0.2) is 12.1 Å². The molecule has 0 atom stereocenters. The first kappa shape index (κ1) is 16.1. The van der Waals surface area contributed by atoms with E-state index in [0.29, 0.717) is 16.6 Å². The number of carboxylic acids is 1. The van der Waals surface area contributed by atoms with Gasteiger partial charge >= 0.3 is 5.97 Å². The van der Waals surface area contributed by atoms with Crippen LogP contribution in [0.5, 0.6) is 0 Å². The summed E-state index contributed by atoms with van der Waals surface area (Å²) < 4.78 is 1.94. The zero-order valence-electron chi connectivity index (χ0n) is 12.3. The van der Waals surface area contributed by atoms with Crippen molar-refractivity contribution in [2.24, 2.45) is 0 Å². The van der Waals surface area contributed by atoms with E-state index in [-0.39, 0.29) is 11.8 Å². The summed E-state index contributed by atoms with van der Waals surface area (Å²) in [5, 5.41) is 9.85. The molecule has 0 aliphatic rings. The number of aliphatic carboxylic acids is 1. The maximum absolute atomic E-state index is 10.9. The summed E-state index contributed by atoms with van der Waals surface area (Å²) in [4.78, 5) is 15.6. The summed E-state index contributed by atoms with van der Waals surface area (Å²) in [5.41, 5.74) is 1.41. The minimum atomic E-state index is -0.836. The van der Waals surface area contributed by atoms with Gasteiger partial charge in [0.2, 0.25) is 0 Å². The van der Waals surface area contributed by atoms with E-state index in [2.05, 4.69) is 25.8 Å². The molecular weight excluding hydrogens is 311 g/mol. The summed E-state index contributed by atoms with van der Waals surface area (Å²) in [7, 11) is 0. The molecule has 0 fully saturated rings. The Morgan fingerprint density at radius 2 is 1.95 bits per heavy atom. The van der Waals surface area contributed by atoms with Crippen molar-refractivity contribution in [2.45, 2.75) is 45.6 Å². The van der Waals surface area contributed by atoms with Crippen molar-refractivity contribution >= 4 is 40.2 Å². The van der Waals surface area contributed by atoms with Crippen molar-refractivity contribution in [2.75, 3.05) is 0 Å². The second-order valence-electron chi connectivity index (χ2n) is 5.72. The van der Waals surface area contributed by atoms with Crippen molar-refractivity contribution < 1.29 is 9.90 Å². The number of nitrogens with zero attached hydrogens (tertiary/aromatic N) is 2. The molecule has 0 bridgehead atoms. The first-order valence-corrected chi connectivity index (χ1v) is 7.59. The average Bonchev–Trinajstić information content (AvgIpc) is 2.75. The van der Waals surface area contributed by atoms with Gasteiger partial charge in [-0.15, -0.1) is 0 Å². The van der Waals surface area contributed by atoms with E-state index >= 15 is 0 Å². The molecule has 0 saturated carbocycles. The van der Waals surface area contributed by atoms with Crippen molar-refractivity contribution in [3.05, 3.63) is 28.0 Å². The van der Waals surface area contributed by atoms with Gasteiger partial charge < -0.3 is 9.67 Å². The molecule has 1 aromatic carbocycles. The second kappa shape index (κ2) is 5.85. The third-order valence-corrected chi connectivity index (χ3v) is 4.55. The Kier molecular flexibility index (Phi) is 4.49. The smallest absolute Gasteiger partial charge is 0.305 e. The first-order valence-electron chi connectivity index (χ1n) is 6.84. The number of rotatable bonds is 5. The Hall–Kier alpha value is -1.26. The number of halogens is 2. The highest BCUT2D eigenvalue weighted by Crippen LogP contribution is 2.33. The van der Waals surface area contributed by atoms with Crippen LogP contribution in [0.4, 0.5) is 0 Å². The van der Waals surface area contributed by atoms with Crippen LogP contribution >= 0.6 is 23.2 Å². The Morgan fingerprint density at radius 3 is 2.52 bits per heavy atom. The van der Waals surface area contributed by atoms with Gasteiger partial charge in [-0.3, -0.25) is 4.79 Å². The summed E-state index contributed by atoms with van der Waals surface area (Å²) in [6.07, 6.45) is 0.934. The van der Waals surface area contributed by atoms with E-state index in [9.17, 15) is 4.79 Å². The SMILES string of the molecule is CCC(C)(C)c1nc2cc(Cl)c(Cl)cc2n1CCC(=O)O. The van der Waals surface area contributed by atoms with Crippen molar-refractivity contribution in [1.29, 1.82) is 0 Å². The van der Waals surface area contributed by atoms with Crippen LogP contribution in [0.1, 0.15) is 39.4 Å². The maximum atomic E-state index is 10.9. The molecule has 0 aliphatic carbocycles. The number of benzene rings is 1. The second-order valence-corrected chi connectivity index (χ2v) is 6.54. The molecule has 4 nitrogen and oxygen atoms in total. The molecule has 0 amide bonds. The largest absolute Gasteiger partial charge is 0.481 e. The lowest BCUT2D eigenvalue weighted by molar-refractivity contribution is -0.137. The summed E-state index contributed by atoms with van der Waals surface area (Å²) in [5.74, 6) is 0.0248. The van der Waals surface area contributed by atoms with E-state index < -0.39 is 5.97 Å². The molecule has 0 unspecified atom stereocenters. The minimum absolute atomic E-state index is 0.0402. The normalized spacial score (nSPS) is 12.0. The van der Waals surface area contributed by atoms with Gasteiger partial charge in [0.15, 0.2) is 0 Å². The van der Waals surface area contributed by atoms with Gasteiger partial charge in [-0.05, 0) is 18.6 Å². The number of aromatic nitrogens is 2. The van der Waals surface area contributed by atoms with E-state index in [1.54, 1.807) is 12.1 Å². The van der Waals surface area contributed by atoms with Crippen LogP contribution in [-0.4, -0.2) is 20.6 Å². The molecule has 6 heteroatoms. The fourth-order valence-electron chi connectivity index (χ4n) is 2.23. The Morgan fingerprint density at radius 1 is 1.33 bits per heavy atom. The Bertz CT molecular complexity index is 693. The third-order valence-electron chi connectivity index (χ3n) is 3.83. The molecular formula is C15H18Cl2N2O2. The quantitative estimate of drug-likeness (QED) is 0.878. The zero-order valence-corrected chi connectivity index (χ0v) is 13.8. The lowest BCUT2D eigenvalue weighted by atomic mass is 9.89. The Labute approximate surface area is 133 Å². The molecule has 0 aliphatic heterocycles. The fraction of sp³-hybridized carbons (Fsp3) is 0.467. The molecule has 114 valence electrons. The summed E-state index contributed by atoms with van der Waals surface area (Å²) in [6, 6.07) is 3.48. The van der Waals surface area contributed by atoms with E-state index in [0.717, 1.165) is 23.3 Å².